The number of ketones is 1. The van der Waals surface area contributed by atoms with Crippen molar-refractivity contribution in [3.63, 3.8) is 0 Å². The Morgan fingerprint density at radius 2 is 1.70 bits per heavy atom. The Morgan fingerprint density at radius 1 is 1.05 bits per heavy atom. The van der Waals surface area contributed by atoms with Gasteiger partial charge in [-0.05, 0) is 61.9 Å². The molecule has 2 heterocycles. The zero-order valence-corrected chi connectivity index (χ0v) is 22.3. The fraction of sp³-hybridized carbons (Fsp3) is 0.367. The van der Waals surface area contributed by atoms with Crippen molar-refractivity contribution in [2.75, 3.05) is 23.5 Å². The molecule has 7 nitrogen and oxygen atoms in total. The number of likely N-dealkylation sites (N-methyl/N-ethyl adjacent to an activating group) is 1. The van der Waals surface area contributed by atoms with E-state index in [1.165, 1.54) is 4.90 Å². The average Bonchev–Trinajstić information content (AvgIpc) is 3.00. The fourth-order valence-electron chi connectivity index (χ4n) is 6.36. The van der Waals surface area contributed by atoms with Crippen LogP contribution in [0.15, 0.2) is 65.1 Å². The lowest BCUT2D eigenvalue weighted by Gasteiger charge is -2.47. The molecule has 1 atom stereocenters. The first-order valence-corrected chi connectivity index (χ1v) is 12.6. The van der Waals surface area contributed by atoms with E-state index in [4.69, 9.17) is 10.5 Å². The zero-order valence-electron chi connectivity index (χ0n) is 22.3. The second kappa shape index (κ2) is 8.33. The van der Waals surface area contributed by atoms with Crippen LogP contribution in [0.1, 0.15) is 50.3 Å². The predicted molar refractivity (Wildman–Crippen MR) is 143 cm³/mol. The highest BCUT2D eigenvalue weighted by molar-refractivity contribution is 6.24. The first-order valence-electron chi connectivity index (χ1n) is 12.6. The van der Waals surface area contributed by atoms with Gasteiger partial charge in [-0.2, -0.15) is 0 Å². The van der Waals surface area contributed by atoms with Gasteiger partial charge in [0.25, 0.3) is 0 Å². The number of para-hydroxylation sites is 1. The smallest absolute Gasteiger partial charge is 0.339 e. The van der Waals surface area contributed by atoms with Crippen molar-refractivity contribution in [2.45, 2.75) is 52.9 Å². The van der Waals surface area contributed by atoms with Gasteiger partial charge in [0.05, 0.1) is 6.61 Å². The number of anilines is 2. The van der Waals surface area contributed by atoms with Crippen LogP contribution < -0.4 is 15.5 Å². The quantitative estimate of drug-likeness (QED) is 0.629. The number of amides is 1. The molecule has 2 aromatic rings. The number of carbonyl (C=O) groups excluding carboxylic acids is 3. The standard InChI is InChI=1S/C30H33N3O4/c1-7-37-27(35)25-26(31)33(19-13-17(2)12-18(3)14-19)22-15-29(4,5)16-23(34)24(22)30(25)20-10-8-9-11-21(20)32(6)28(30)36/h8-14H,7,15-16,31H2,1-6H3. The number of hydrogen-bond donors (Lipinski definition) is 1. The number of nitrogens with two attached hydrogens (primary N) is 1. The van der Waals surface area contributed by atoms with Crippen LogP contribution in [0.3, 0.4) is 0 Å². The van der Waals surface area contributed by atoms with Gasteiger partial charge in [0, 0.05) is 41.7 Å². The van der Waals surface area contributed by atoms with Gasteiger partial charge < -0.3 is 15.4 Å². The van der Waals surface area contributed by atoms with Crippen molar-refractivity contribution in [3.05, 3.63) is 81.8 Å². The summed E-state index contributed by atoms with van der Waals surface area (Å²) in [5, 5.41) is 0. The number of esters is 1. The molecule has 0 aromatic heterocycles. The van der Waals surface area contributed by atoms with Crippen LogP contribution in [-0.4, -0.2) is 31.3 Å². The third kappa shape index (κ3) is 3.44. The van der Waals surface area contributed by atoms with Crippen LogP contribution in [0.25, 0.3) is 0 Å². The predicted octanol–water partition coefficient (Wildman–Crippen LogP) is 4.41. The number of allylic oxidation sites excluding steroid dienone is 1. The number of ether oxygens (including phenoxy) is 1. The van der Waals surface area contributed by atoms with E-state index in [1.54, 1.807) is 18.9 Å². The fourth-order valence-corrected chi connectivity index (χ4v) is 6.36. The number of carbonyl (C=O) groups is 3. The minimum Gasteiger partial charge on any atom is -0.462 e. The lowest BCUT2D eigenvalue weighted by atomic mass is 9.60. The summed E-state index contributed by atoms with van der Waals surface area (Å²) >= 11 is 0. The maximum atomic E-state index is 14.3. The number of rotatable bonds is 3. The van der Waals surface area contributed by atoms with E-state index in [0.717, 1.165) is 16.8 Å². The van der Waals surface area contributed by atoms with Crippen LogP contribution in [0.5, 0.6) is 0 Å². The number of fused-ring (bicyclic) bond motifs is 3. The molecule has 5 rings (SSSR count). The summed E-state index contributed by atoms with van der Waals surface area (Å²) in [4.78, 5) is 45.6. The van der Waals surface area contributed by atoms with Crippen molar-refractivity contribution >= 4 is 29.0 Å². The maximum absolute atomic E-state index is 14.3. The normalized spacial score (nSPS) is 22.5. The summed E-state index contributed by atoms with van der Waals surface area (Å²) in [6, 6.07) is 13.3. The van der Waals surface area contributed by atoms with E-state index in [0.29, 0.717) is 28.9 Å². The monoisotopic (exact) mass is 499 g/mol. The number of benzene rings is 2. The lowest BCUT2D eigenvalue weighted by Crippen LogP contribution is -2.55. The van der Waals surface area contributed by atoms with Gasteiger partial charge in [0.1, 0.15) is 16.8 Å². The van der Waals surface area contributed by atoms with Crippen LogP contribution in [0.4, 0.5) is 11.4 Å². The third-order valence-corrected chi connectivity index (χ3v) is 7.61. The molecular weight excluding hydrogens is 466 g/mol. The molecule has 2 aliphatic heterocycles. The van der Waals surface area contributed by atoms with Gasteiger partial charge in [0.15, 0.2) is 5.78 Å². The Labute approximate surface area is 217 Å². The minimum absolute atomic E-state index is 0.00196. The summed E-state index contributed by atoms with van der Waals surface area (Å²) in [6.45, 7) is 9.88. The van der Waals surface area contributed by atoms with E-state index in [1.807, 2.05) is 64.1 Å². The molecule has 2 N–H and O–H groups in total. The average molecular weight is 500 g/mol. The molecule has 7 heteroatoms. The first kappa shape index (κ1) is 24.8. The largest absolute Gasteiger partial charge is 0.462 e. The van der Waals surface area contributed by atoms with E-state index < -0.39 is 11.4 Å². The van der Waals surface area contributed by atoms with E-state index in [9.17, 15) is 14.4 Å². The summed E-state index contributed by atoms with van der Waals surface area (Å²) in [7, 11) is 1.67. The molecule has 2 aromatic carbocycles. The number of nitrogens with zero attached hydrogens (tertiary/aromatic N) is 2. The van der Waals surface area contributed by atoms with Crippen LogP contribution >= 0.6 is 0 Å². The number of aryl methyl sites for hydroxylation is 2. The molecule has 1 aliphatic carbocycles. The first-order chi connectivity index (χ1) is 17.4. The second-order valence-corrected chi connectivity index (χ2v) is 11.1. The van der Waals surface area contributed by atoms with Crippen molar-refractivity contribution in [1.29, 1.82) is 0 Å². The Balaban J connectivity index is 1.95. The summed E-state index contributed by atoms with van der Waals surface area (Å²) in [5.41, 5.74) is 9.91. The maximum Gasteiger partial charge on any atom is 0.339 e. The van der Waals surface area contributed by atoms with Gasteiger partial charge in [0.2, 0.25) is 5.91 Å². The Hall–Kier alpha value is -3.87. The topological polar surface area (TPSA) is 92.9 Å². The molecule has 1 spiro atoms. The van der Waals surface area contributed by atoms with Gasteiger partial charge in [-0.3, -0.25) is 14.5 Å². The molecule has 0 radical (unpaired) electrons. The Morgan fingerprint density at radius 3 is 2.35 bits per heavy atom. The second-order valence-electron chi connectivity index (χ2n) is 11.1. The molecule has 0 fully saturated rings. The highest BCUT2D eigenvalue weighted by Crippen LogP contribution is 2.58. The molecular formula is C30H33N3O4. The summed E-state index contributed by atoms with van der Waals surface area (Å²) < 4.78 is 5.52. The van der Waals surface area contributed by atoms with Gasteiger partial charge in [-0.25, -0.2) is 4.79 Å². The molecule has 192 valence electrons. The molecule has 0 bridgehead atoms. The van der Waals surface area contributed by atoms with Gasteiger partial charge in [-0.1, -0.05) is 38.1 Å². The van der Waals surface area contributed by atoms with Crippen LogP contribution in [-0.2, 0) is 24.5 Å². The minimum atomic E-state index is -1.67. The molecule has 0 saturated heterocycles. The highest BCUT2D eigenvalue weighted by atomic mass is 16.5. The molecule has 0 saturated carbocycles. The van der Waals surface area contributed by atoms with Crippen LogP contribution in [0, 0.1) is 19.3 Å². The van der Waals surface area contributed by atoms with Crippen molar-refractivity contribution < 1.29 is 19.1 Å². The Bertz CT molecular complexity index is 1410. The summed E-state index contributed by atoms with van der Waals surface area (Å²) in [5.74, 6) is -1.11. The van der Waals surface area contributed by atoms with Crippen LogP contribution in [0.2, 0.25) is 0 Å². The molecule has 37 heavy (non-hydrogen) atoms. The van der Waals surface area contributed by atoms with Crippen molar-refractivity contribution in [1.82, 2.24) is 0 Å². The third-order valence-electron chi connectivity index (χ3n) is 7.61. The van der Waals surface area contributed by atoms with E-state index in [2.05, 4.69) is 6.07 Å². The van der Waals surface area contributed by atoms with Gasteiger partial charge >= 0.3 is 5.97 Å². The number of hydrogen-bond acceptors (Lipinski definition) is 6. The lowest BCUT2D eigenvalue weighted by molar-refractivity contribution is -0.140. The van der Waals surface area contributed by atoms with Crippen molar-refractivity contribution in [3.8, 4) is 0 Å². The van der Waals surface area contributed by atoms with Gasteiger partial charge in [-0.15, -0.1) is 0 Å². The highest BCUT2D eigenvalue weighted by Gasteiger charge is 2.64. The molecule has 3 aliphatic rings. The SMILES string of the molecule is CCOC(=O)C1=C(N)N(c2cc(C)cc(C)c2)C2=C(C(=O)CC(C)(C)C2)C12C(=O)N(C)c1ccccc12. The molecule has 1 unspecified atom stereocenters. The molecule has 1 amide bonds. The Kier molecular flexibility index (Phi) is 5.59. The zero-order chi connectivity index (χ0) is 26.9. The summed E-state index contributed by atoms with van der Waals surface area (Å²) in [6.07, 6.45) is 0.766. The van der Waals surface area contributed by atoms with Crippen molar-refractivity contribution in [2.24, 2.45) is 11.1 Å². The van der Waals surface area contributed by atoms with E-state index in [-0.39, 0.29) is 41.5 Å². The number of Topliss-reactive ketones (excluding diaryl/α,β-unsaturated/α-hetero) is 1. The van der Waals surface area contributed by atoms with E-state index >= 15 is 0 Å².